The third-order valence-corrected chi connectivity index (χ3v) is 4.26. The first-order valence-corrected chi connectivity index (χ1v) is 7.85. The summed E-state index contributed by atoms with van der Waals surface area (Å²) in [6.45, 7) is 3.45. The Kier molecular flexibility index (Phi) is 5.69. The molecule has 1 fully saturated rings. The van der Waals surface area contributed by atoms with E-state index in [4.69, 9.17) is 4.74 Å². The molecule has 0 radical (unpaired) electrons. The lowest BCUT2D eigenvalue weighted by Crippen LogP contribution is -2.46. The maximum atomic E-state index is 13.5. The van der Waals surface area contributed by atoms with Crippen molar-refractivity contribution in [3.63, 3.8) is 0 Å². The number of benzene rings is 1. The molecule has 1 saturated carbocycles. The summed E-state index contributed by atoms with van der Waals surface area (Å²) in [7, 11) is 0. The Morgan fingerprint density at radius 3 is 2.43 bits per heavy atom. The fourth-order valence-corrected chi connectivity index (χ4v) is 2.80. The summed E-state index contributed by atoms with van der Waals surface area (Å²) in [6, 6.07) is 3.13. The highest BCUT2D eigenvalue weighted by Crippen LogP contribution is 2.24. The highest BCUT2D eigenvalue weighted by molar-refractivity contribution is 5.92. The lowest BCUT2D eigenvalue weighted by atomic mass is 9.86. The minimum atomic E-state index is -1.18. The number of hydrogen-bond acceptors (Lipinski definition) is 3. The first kappa shape index (κ1) is 17.4. The van der Waals surface area contributed by atoms with Crippen molar-refractivity contribution in [1.82, 2.24) is 5.32 Å². The number of nitrogens with one attached hydrogen (secondary N) is 1. The Morgan fingerprint density at radius 1 is 1.22 bits per heavy atom. The lowest BCUT2D eigenvalue weighted by Gasteiger charge is -2.30. The molecule has 1 aromatic rings. The first-order chi connectivity index (χ1) is 10.9. The van der Waals surface area contributed by atoms with Gasteiger partial charge in [0.25, 0.3) is 5.91 Å². The maximum Gasteiger partial charge on any atom is 0.344 e. The monoisotopic (exact) mass is 325 g/mol. The molecule has 3 atom stereocenters. The third kappa shape index (κ3) is 4.27. The molecule has 0 aliphatic heterocycles. The van der Waals surface area contributed by atoms with Gasteiger partial charge in [-0.15, -0.1) is 0 Å². The van der Waals surface area contributed by atoms with Crippen molar-refractivity contribution in [3.8, 4) is 0 Å². The molecule has 6 heteroatoms. The summed E-state index contributed by atoms with van der Waals surface area (Å²) >= 11 is 0. The number of carbonyl (C=O) groups is 2. The van der Waals surface area contributed by atoms with Crippen LogP contribution in [0.2, 0.25) is 0 Å². The number of ether oxygens (including phenoxy) is 1. The number of halogens is 2. The minimum Gasteiger partial charge on any atom is -0.449 e. The van der Waals surface area contributed by atoms with Gasteiger partial charge in [0.1, 0.15) is 17.2 Å². The van der Waals surface area contributed by atoms with E-state index < -0.39 is 35.2 Å². The van der Waals surface area contributed by atoms with Crippen LogP contribution < -0.4 is 5.32 Å². The minimum absolute atomic E-state index is 0.0441. The van der Waals surface area contributed by atoms with Gasteiger partial charge in [0, 0.05) is 6.04 Å². The number of esters is 1. The first-order valence-electron chi connectivity index (χ1n) is 7.85. The predicted octanol–water partition coefficient (Wildman–Crippen LogP) is 3.21. The van der Waals surface area contributed by atoms with E-state index in [9.17, 15) is 18.4 Å². The molecule has 0 aromatic heterocycles. The van der Waals surface area contributed by atoms with Crippen molar-refractivity contribution in [2.45, 2.75) is 51.7 Å². The number of carbonyl (C=O) groups excluding carboxylic acids is 2. The van der Waals surface area contributed by atoms with Gasteiger partial charge in [-0.3, -0.25) is 4.79 Å². The maximum absolute atomic E-state index is 13.5. The second-order valence-corrected chi connectivity index (χ2v) is 6.02. The molecule has 0 bridgehead atoms. The van der Waals surface area contributed by atoms with E-state index in [-0.39, 0.29) is 6.04 Å². The third-order valence-electron chi connectivity index (χ3n) is 4.26. The van der Waals surface area contributed by atoms with E-state index in [0.29, 0.717) is 5.92 Å². The summed E-state index contributed by atoms with van der Waals surface area (Å²) < 4.78 is 32.0. The van der Waals surface area contributed by atoms with Gasteiger partial charge < -0.3 is 10.1 Å². The van der Waals surface area contributed by atoms with Crippen LogP contribution in [0.1, 0.15) is 49.9 Å². The molecule has 0 spiro atoms. The van der Waals surface area contributed by atoms with Crippen molar-refractivity contribution in [3.05, 3.63) is 35.4 Å². The molecule has 1 N–H and O–H groups in total. The van der Waals surface area contributed by atoms with Crippen LogP contribution in [0, 0.1) is 17.6 Å². The quantitative estimate of drug-likeness (QED) is 0.865. The van der Waals surface area contributed by atoms with Gasteiger partial charge in [0.2, 0.25) is 0 Å². The van der Waals surface area contributed by atoms with E-state index in [0.717, 1.165) is 43.9 Å². The Labute approximate surface area is 134 Å². The van der Waals surface area contributed by atoms with E-state index in [1.54, 1.807) is 0 Å². The van der Waals surface area contributed by atoms with Crippen LogP contribution in [0.4, 0.5) is 8.78 Å². The van der Waals surface area contributed by atoms with Crippen molar-refractivity contribution in [2.75, 3.05) is 0 Å². The number of amides is 1. The van der Waals surface area contributed by atoms with Gasteiger partial charge in [-0.1, -0.05) is 25.8 Å². The fourth-order valence-electron chi connectivity index (χ4n) is 2.80. The Bertz CT molecular complexity index is 571. The van der Waals surface area contributed by atoms with Crippen LogP contribution in [-0.2, 0) is 9.53 Å². The summed E-state index contributed by atoms with van der Waals surface area (Å²) in [5.41, 5.74) is -0.779. The van der Waals surface area contributed by atoms with E-state index in [1.807, 2.05) is 0 Å². The topological polar surface area (TPSA) is 55.4 Å². The van der Waals surface area contributed by atoms with E-state index in [2.05, 4.69) is 12.2 Å². The molecule has 0 unspecified atom stereocenters. The summed E-state index contributed by atoms with van der Waals surface area (Å²) in [5.74, 6) is -3.29. The van der Waals surface area contributed by atoms with Crippen molar-refractivity contribution in [2.24, 2.45) is 5.92 Å². The van der Waals surface area contributed by atoms with E-state index in [1.165, 1.54) is 6.92 Å². The number of rotatable bonds is 4. The van der Waals surface area contributed by atoms with Crippen LogP contribution in [0.15, 0.2) is 18.2 Å². The lowest BCUT2D eigenvalue weighted by molar-refractivity contribution is -0.130. The Morgan fingerprint density at radius 2 is 1.83 bits per heavy atom. The zero-order chi connectivity index (χ0) is 17.0. The predicted molar refractivity (Wildman–Crippen MR) is 80.8 cm³/mol. The molecule has 1 aromatic carbocycles. The van der Waals surface area contributed by atoms with Gasteiger partial charge in [0.15, 0.2) is 6.10 Å². The van der Waals surface area contributed by atoms with Crippen LogP contribution in [-0.4, -0.2) is 24.0 Å². The molecule has 2 rings (SSSR count). The summed E-state index contributed by atoms with van der Waals surface area (Å²) in [5, 5.41) is 2.85. The van der Waals surface area contributed by atoms with Crippen LogP contribution >= 0.6 is 0 Å². The largest absolute Gasteiger partial charge is 0.449 e. The van der Waals surface area contributed by atoms with Crippen LogP contribution in [0.5, 0.6) is 0 Å². The van der Waals surface area contributed by atoms with E-state index >= 15 is 0 Å². The van der Waals surface area contributed by atoms with Gasteiger partial charge in [-0.2, -0.15) is 0 Å². The molecular weight excluding hydrogens is 304 g/mol. The van der Waals surface area contributed by atoms with Gasteiger partial charge in [0.05, 0.1) is 0 Å². The normalized spacial score (nSPS) is 22.3. The average Bonchev–Trinajstić information content (AvgIpc) is 2.49. The molecule has 0 heterocycles. The standard InChI is InChI=1S/C17H21F2NO3/c1-10-6-3-4-9-14(10)20-16(21)11(2)23-17(22)15-12(18)7-5-8-13(15)19/h5,7-8,10-11,14H,3-4,6,9H2,1-2H3,(H,20,21)/t10-,11-,14-/m1/s1. The average molecular weight is 325 g/mol. The number of hydrogen-bond donors (Lipinski definition) is 1. The zero-order valence-electron chi connectivity index (χ0n) is 13.3. The van der Waals surface area contributed by atoms with Crippen LogP contribution in [0.25, 0.3) is 0 Å². The molecule has 1 amide bonds. The highest BCUT2D eigenvalue weighted by atomic mass is 19.1. The smallest absolute Gasteiger partial charge is 0.344 e. The Balaban J connectivity index is 1.96. The second-order valence-electron chi connectivity index (χ2n) is 6.02. The summed E-state index contributed by atoms with van der Waals surface area (Å²) in [6.07, 6.45) is 3.00. The van der Waals surface area contributed by atoms with Gasteiger partial charge in [-0.05, 0) is 37.8 Å². The van der Waals surface area contributed by atoms with Crippen molar-refractivity contribution in [1.29, 1.82) is 0 Å². The fraction of sp³-hybridized carbons (Fsp3) is 0.529. The summed E-state index contributed by atoms with van der Waals surface area (Å²) in [4.78, 5) is 24.0. The second kappa shape index (κ2) is 7.53. The molecule has 4 nitrogen and oxygen atoms in total. The Hall–Kier alpha value is -1.98. The molecular formula is C17H21F2NO3. The van der Waals surface area contributed by atoms with Crippen molar-refractivity contribution < 1.29 is 23.1 Å². The van der Waals surface area contributed by atoms with Gasteiger partial charge in [-0.25, -0.2) is 13.6 Å². The molecule has 23 heavy (non-hydrogen) atoms. The molecule has 1 aliphatic rings. The molecule has 126 valence electrons. The van der Waals surface area contributed by atoms with Crippen LogP contribution in [0.3, 0.4) is 0 Å². The highest BCUT2D eigenvalue weighted by Gasteiger charge is 2.28. The molecule has 1 aliphatic carbocycles. The van der Waals surface area contributed by atoms with Crippen molar-refractivity contribution >= 4 is 11.9 Å². The zero-order valence-corrected chi connectivity index (χ0v) is 13.3. The molecule has 0 saturated heterocycles. The van der Waals surface area contributed by atoms with Gasteiger partial charge >= 0.3 is 5.97 Å². The SMILES string of the molecule is C[C@@H]1CCCC[C@H]1NC(=O)[C@@H](C)OC(=O)c1c(F)cccc1F.